The van der Waals surface area contributed by atoms with Crippen LogP contribution in [0, 0.1) is 0 Å². The van der Waals surface area contributed by atoms with Crippen molar-refractivity contribution in [1.82, 2.24) is 19.5 Å². The summed E-state index contributed by atoms with van der Waals surface area (Å²) < 4.78 is 25.8. The van der Waals surface area contributed by atoms with Crippen LogP contribution in [0.4, 0.5) is 0 Å². The summed E-state index contributed by atoms with van der Waals surface area (Å²) in [6.07, 6.45) is 4.76. The van der Waals surface area contributed by atoms with Gasteiger partial charge in [-0.05, 0) is 17.2 Å². The molecule has 1 aromatic heterocycles. The predicted molar refractivity (Wildman–Crippen MR) is 103 cm³/mol. The highest BCUT2D eigenvalue weighted by Gasteiger charge is 2.26. The first-order chi connectivity index (χ1) is 12.5. The molecule has 1 atom stereocenters. The Labute approximate surface area is 155 Å². The zero-order chi connectivity index (χ0) is 18.4. The molecule has 0 bridgehead atoms. The molecule has 3 rings (SSSR count). The predicted octanol–water partition coefficient (Wildman–Crippen LogP) is 1.49. The lowest BCUT2D eigenvalue weighted by molar-refractivity contribution is 0.0927. The zero-order valence-corrected chi connectivity index (χ0v) is 15.9. The average Bonchev–Trinajstić information content (AvgIpc) is 2.64. The minimum absolute atomic E-state index is 0.00250. The third-order valence-corrected chi connectivity index (χ3v) is 5.40. The maximum absolute atomic E-state index is 11.6. The number of nitrogens with zero attached hydrogens (tertiary/aromatic N) is 3. The Morgan fingerprint density at radius 3 is 2.42 bits per heavy atom. The highest BCUT2D eigenvalue weighted by atomic mass is 32.2. The van der Waals surface area contributed by atoms with Crippen molar-refractivity contribution in [2.75, 3.05) is 39.0 Å². The lowest BCUT2D eigenvalue weighted by Gasteiger charge is -2.39. The minimum atomic E-state index is -3.22. The van der Waals surface area contributed by atoms with Gasteiger partial charge in [-0.2, -0.15) is 0 Å². The van der Waals surface area contributed by atoms with E-state index in [1.54, 1.807) is 6.20 Å². The van der Waals surface area contributed by atoms with Crippen molar-refractivity contribution in [3.05, 3.63) is 66.0 Å². The summed E-state index contributed by atoms with van der Waals surface area (Å²) in [5.41, 5.74) is 2.36. The Hall–Kier alpha value is -1.80. The topological polar surface area (TPSA) is 65.5 Å². The van der Waals surface area contributed by atoms with Gasteiger partial charge in [0.1, 0.15) is 0 Å². The summed E-state index contributed by atoms with van der Waals surface area (Å²) in [7, 11) is -3.22. The lowest BCUT2D eigenvalue weighted by atomic mass is 10.1. The number of pyridine rings is 1. The van der Waals surface area contributed by atoms with Crippen LogP contribution in [0.5, 0.6) is 0 Å². The molecule has 7 heteroatoms. The Balaban J connectivity index is 1.63. The van der Waals surface area contributed by atoms with Gasteiger partial charge < -0.3 is 0 Å². The first kappa shape index (κ1) is 19.0. The van der Waals surface area contributed by atoms with Crippen LogP contribution in [0.25, 0.3) is 0 Å². The number of hydrogen-bond donors (Lipinski definition) is 1. The van der Waals surface area contributed by atoms with Crippen LogP contribution in [0.1, 0.15) is 17.2 Å². The van der Waals surface area contributed by atoms with Gasteiger partial charge in [0.25, 0.3) is 0 Å². The molecule has 1 saturated heterocycles. The smallest absolute Gasteiger partial charge is 0.208 e. The molecule has 26 heavy (non-hydrogen) atoms. The molecule has 1 N–H and O–H groups in total. The standard InChI is InChI=1S/C19H26N4O2S/c1-26(24,25)21-15-19(18-8-5-9-20-14-18)23-12-10-22(11-13-23)16-17-6-3-2-4-7-17/h2-9,14,19,21H,10-13,15-16H2,1H3/t19-/m1/s1. The van der Waals surface area contributed by atoms with E-state index in [0.29, 0.717) is 6.54 Å². The number of nitrogens with one attached hydrogen (secondary N) is 1. The fourth-order valence-electron chi connectivity index (χ4n) is 3.34. The first-order valence-corrected chi connectivity index (χ1v) is 10.8. The second kappa shape index (κ2) is 8.73. The maximum atomic E-state index is 11.6. The van der Waals surface area contributed by atoms with Crippen LogP contribution >= 0.6 is 0 Å². The van der Waals surface area contributed by atoms with Crippen LogP contribution in [0.3, 0.4) is 0 Å². The molecule has 0 amide bonds. The van der Waals surface area contributed by atoms with E-state index in [0.717, 1.165) is 38.3 Å². The summed E-state index contributed by atoms with van der Waals surface area (Å²) in [6.45, 7) is 5.04. The second-order valence-corrected chi connectivity index (χ2v) is 8.55. The van der Waals surface area contributed by atoms with Gasteiger partial charge in [0.15, 0.2) is 0 Å². The third kappa shape index (κ3) is 5.60. The maximum Gasteiger partial charge on any atom is 0.208 e. The van der Waals surface area contributed by atoms with Gasteiger partial charge in [-0.15, -0.1) is 0 Å². The Kier molecular flexibility index (Phi) is 6.37. The fraction of sp³-hybridized carbons (Fsp3) is 0.421. The van der Waals surface area contributed by atoms with E-state index in [2.05, 4.69) is 43.8 Å². The summed E-state index contributed by atoms with van der Waals surface area (Å²) in [6, 6.07) is 14.4. The van der Waals surface area contributed by atoms with Crippen LogP contribution in [-0.2, 0) is 16.6 Å². The Morgan fingerprint density at radius 2 is 1.81 bits per heavy atom. The van der Waals surface area contributed by atoms with E-state index < -0.39 is 10.0 Å². The summed E-state index contributed by atoms with van der Waals surface area (Å²) in [5, 5.41) is 0. The molecular weight excluding hydrogens is 348 g/mol. The monoisotopic (exact) mass is 374 g/mol. The van der Waals surface area contributed by atoms with Gasteiger partial charge >= 0.3 is 0 Å². The van der Waals surface area contributed by atoms with E-state index in [9.17, 15) is 8.42 Å². The third-order valence-electron chi connectivity index (χ3n) is 4.70. The van der Waals surface area contributed by atoms with Gasteiger partial charge in [0.2, 0.25) is 10.0 Å². The molecule has 0 aliphatic carbocycles. The Morgan fingerprint density at radius 1 is 1.08 bits per heavy atom. The van der Waals surface area contributed by atoms with Crippen LogP contribution < -0.4 is 4.72 Å². The molecule has 1 fully saturated rings. The van der Waals surface area contributed by atoms with Crippen LogP contribution in [0.15, 0.2) is 54.9 Å². The van der Waals surface area contributed by atoms with Crippen molar-refractivity contribution in [3.63, 3.8) is 0 Å². The van der Waals surface area contributed by atoms with Crippen molar-refractivity contribution >= 4 is 10.0 Å². The van der Waals surface area contributed by atoms with E-state index in [1.165, 1.54) is 11.8 Å². The normalized spacial score (nSPS) is 17.9. The molecule has 6 nitrogen and oxygen atoms in total. The molecule has 0 spiro atoms. The van der Waals surface area contributed by atoms with E-state index in [-0.39, 0.29) is 6.04 Å². The molecule has 2 aromatic rings. The minimum Gasteiger partial charge on any atom is -0.297 e. The number of benzene rings is 1. The van der Waals surface area contributed by atoms with Crippen molar-refractivity contribution < 1.29 is 8.42 Å². The molecule has 2 heterocycles. The molecule has 140 valence electrons. The summed E-state index contributed by atoms with van der Waals surface area (Å²) in [5.74, 6) is 0. The van der Waals surface area contributed by atoms with Crippen molar-refractivity contribution in [1.29, 1.82) is 0 Å². The molecular formula is C19H26N4O2S. The number of rotatable bonds is 7. The van der Waals surface area contributed by atoms with Crippen molar-refractivity contribution in [2.45, 2.75) is 12.6 Å². The lowest BCUT2D eigenvalue weighted by Crippen LogP contribution is -2.49. The largest absolute Gasteiger partial charge is 0.297 e. The number of hydrogen-bond acceptors (Lipinski definition) is 5. The van der Waals surface area contributed by atoms with Crippen molar-refractivity contribution in [3.8, 4) is 0 Å². The van der Waals surface area contributed by atoms with E-state index in [1.807, 2.05) is 24.4 Å². The second-order valence-electron chi connectivity index (χ2n) is 6.72. The SMILES string of the molecule is CS(=O)(=O)NC[C@H](c1cccnc1)N1CCN(Cc2ccccc2)CC1. The zero-order valence-electron chi connectivity index (χ0n) is 15.1. The molecule has 1 aromatic carbocycles. The molecule has 0 radical (unpaired) electrons. The molecule has 1 aliphatic heterocycles. The highest BCUT2D eigenvalue weighted by molar-refractivity contribution is 7.88. The van der Waals surface area contributed by atoms with Gasteiger partial charge in [0, 0.05) is 57.7 Å². The first-order valence-electron chi connectivity index (χ1n) is 8.86. The highest BCUT2D eigenvalue weighted by Crippen LogP contribution is 2.21. The van der Waals surface area contributed by atoms with Crippen molar-refractivity contribution in [2.24, 2.45) is 0 Å². The molecule has 0 saturated carbocycles. The quantitative estimate of drug-likeness (QED) is 0.795. The van der Waals surface area contributed by atoms with Crippen LogP contribution in [-0.4, -0.2) is 62.2 Å². The summed E-state index contributed by atoms with van der Waals surface area (Å²) in [4.78, 5) is 8.99. The van der Waals surface area contributed by atoms with E-state index >= 15 is 0 Å². The Bertz CT molecular complexity index is 776. The van der Waals surface area contributed by atoms with Crippen LogP contribution in [0.2, 0.25) is 0 Å². The van der Waals surface area contributed by atoms with Gasteiger partial charge in [0.05, 0.1) is 6.26 Å². The molecule has 1 aliphatic rings. The fourth-order valence-corrected chi connectivity index (χ4v) is 3.80. The molecule has 0 unspecified atom stereocenters. The number of sulfonamides is 1. The number of piperazine rings is 1. The average molecular weight is 375 g/mol. The van der Waals surface area contributed by atoms with E-state index in [4.69, 9.17) is 0 Å². The van der Waals surface area contributed by atoms with Gasteiger partial charge in [-0.25, -0.2) is 13.1 Å². The van der Waals surface area contributed by atoms with Gasteiger partial charge in [-0.3, -0.25) is 14.8 Å². The summed E-state index contributed by atoms with van der Waals surface area (Å²) >= 11 is 0. The van der Waals surface area contributed by atoms with Gasteiger partial charge in [-0.1, -0.05) is 36.4 Å². The number of aromatic nitrogens is 1.